The second-order valence-corrected chi connectivity index (χ2v) is 10.3. The van der Waals surface area contributed by atoms with E-state index in [0.29, 0.717) is 5.96 Å². The summed E-state index contributed by atoms with van der Waals surface area (Å²) >= 11 is 3.42. The Morgan fingerprint density at radius 2 is 1.78 bits per heavy atom. The van der Waals surface area contributed by atoms with Gasteiger partial charge in [0.2, 0.25) is 0 Å². The average molecular weight is 472 g/mol. The maximum atomic E-state index is 14.8. The van der Waals surface area contributed by atoms with Crippen LogP contribution in [0.25, 0.3) is 5.70 Å². The van der Waals surface area contributed by atoms with Gasteiger partial charge < -0.3 is 16.0 Å². The van der Waals surface area contributed by atoms with Gasteiger partial charge in [-0.3, -0.25) is 0 Å². The lowest BCUT2D eigenvalue weighted by Crippen LogP contribution is -2.39. The third-order valence-electron chi connectivity index (χ3n) is 6.36. The number of thiophene rings is 2. The number of nitrogens with zero attached hydrogens (tertiary/aromatic N) is 2. The number of hydrogen-bond donors (Lipinski definition) is 3. The van der Waals surface area contributed by atoms with E-state index < -0.39 is 6.04 Å². The van der Waals surface area contributed by atoms with E-state index in [4.69, 9.17) is 4.99 Å². The molecule has 2 aromatic rings. The molecule has 32 heavy (non-hydrogen) atoms. The van der Waals surface area contributed by atoms with Crippen molar-refractivity contribution in [2.45, 2.75) is 60.0 Å². The highest BCUT2D eigenvalue weighted by Gasteiger charge is 2.31. The lowest BCUT2D eigenvalue weighted by molar-refractivity contribution is 0.515. The minimum absolute atomic E-state index is 0.105. The summed E-state index contributed by atoms with van der Waals surface area (Å²) in [6, 6.07) is -0.434. The number of nitrogens with one attached hydrogen (secondary N) is 3. The van der Waals surface area contributed by atoms with Crippen LogP contribution in [0.15, 0.2) is 33.0 Å². The van der Waals surface area contributed by atoms with Crippen LogP contribution in [-0.4, -0.2) is 18.8 Å². The summed E-state index contributed by atoms with van der Waals surface area (Å²) in [5.74, 6) is 1.27. The molecule has 0 aromatic carbocycles. The zero-order valence-corrected chi connectivity index (χ0v) is 21.2. The monoisotopic (exact) mass is 471 g/mol. The van der Waals surface area contributed by atoms with Gasteiger partial charge in [0.05, 0.1) is 22.8 Å². The summed E-state index contributed by atoms with van der Waals surface area (Å²) in [6.45, 7) is 12.8. The molecule has 5 nitrogen and oxygen atoms in total. The van der Waals surface area contributed by atoms with E-state index in [0.717, 1.165) is 38.8 Å². The van der Waals surface area contributed by atoms with Crippen LogP contribution in [0.5, 0.6) is 0 Å². The maximum Gasteiger partial charge on any atom is 0.196 e. The van der Waals surface area contributed by atoms with Gasteiger partial charge in [0.15, 0.2) is 5.96 Å². The fourth-order valence-corrected chi connectivity index (χ4v) is 6.65. The fraction of sp³-hybridized carbons (Fsp3) is 0.417. The van der Waals surface area contributed by atoms with Crippen molar-refractivity contribution in [2.75, 3.05) is 7.05 Å². The summed E-state index contributed by atoms with van der Waals surface area (Å²) in [5.41, 5.74) is 7.11. The van der Waals surface area contributed by atoms with Crippen molar-refractivity contribution < 1.29 is 4.39 Å². The van der Waals surface area contributed by atoms with Crippen molar-refractivity contribution in [1.29, 1.82) is 0 Å². The first-order chi connectivity index (χ1) is 15.3. The third kappa shape index (κ3) is 3.79. The Balaban J connectivity index is 1.81. The molecule has 0 fully saturated rings. The molecular formula is C24H30FN5S2. The third-order valence-corrected chi connectivity index (χ3v) is 9.09. The quantitative estimate of drug-likeness (QED) is 0.516. The van der Waals surface area contributed by atoms with Gasteiger partial charge in [-0.1, -0.05) is 6.92 Å². The Morgan fingerprint density at radius 1 is 1.03 bits per heavy atom. The van der Waals surface area contributed by atoms with Crippen LogP contribution in [0.2, 0.25) is 0 Å². The van der Waals surface area contributed by atoms with Gasteiger partial charge in [-0.15, -0.1) is 22.7 Å². The van der Waals surface area contributed by atoms with E-state index >= 15 is 0 Å². The van der Waals surface area contributed by atoms with Crippen LogP contribution in [-0.2, 0) is 0 Å². The van der Waals surface area contributed by atoms with Gasteiger partial charge >= 0.3 is 0 Å². The van der Waals surface area contributed by atoms with Gasteiger partial charge in [-0.25, -0.2) is 14.4 Å². The molecule has 0 spiro atoms. The van der Waals surface area contributed by atoms with Gasteiger partial charge in [0, 0.05) is 23.2 Å². The molecule has 170 valence electrons. The van der Waals surface area contributed by atoms with Crippen LogP contribution >= 0.6 is 22.7 Å². The number of halogens is 1. The first-order valence-electron chi connectivity index (χ1n) is 10.8. The van der Waals surface area contributed by atoms with Crippen LogP contribution in [0, 0.1) is 27.7 Å². The largest absolute Gasteiger partial charge is 0.362 e. The Hall–Kier alpha value is -2.45. The molecule has 4 heterocycles. The fourth-order valence-electron chi connectivity index (χ4n) is 4.04. The molecule has 0 radical (unpaired) electrons. The van der Waals surface area contributed by atoms with Crippen molar-refractivity contribution >= 4 is 40.2 Å². The summed E-state index contributed by atoms with van der Waals surface area (Å²) in [4.78, 5) is 12.5. The van der Waals surface area contributed by atoms with Crippen molar-refractivity contribution in [3.63, 3.8) is 0 Å². The summed E-state index contributed by atoms with van der Waals surface area (Å²) in [6.07, 6.45) is 2.12. The van der Waals surface area contributed by atoms with E-state index in [1.165, 1.54) is 27.8 Å². The second-order valence-electron chi connectivity index (χ2n) is 8.29. The van der Waals surface area contributed by atoms with E-state index in [2.05, 4.69) is 67.9 Å². The number of guanidine groups is 1. The molecule has 0 saturated carbocycles. The number of hydrogen-bond acceptors (Lipinski definition) is 7. The van der Waals surface area contributed by atoms with Crippen LogP contribution < -0.4 is 16.0 Å². The number of amidine groups is 1. The lowest BCUT2D eigenvalue weighted by atomic mass is 9.97. The second kappa shape index (κ2) is 8.83. The first-order valence-corrected chi connectivity index (χ1v) is 12.5. The highest BCUT2D eigenvalue weighted by atomic mass is 32.1. The topological polar surface area (TPSA) is 60.8 Å². The molecule has 3 N–H and O–H groups in total. The van der Waals surface area contributed by atoms with Crippen LogP contribution in [0.3, 0.4) is 0 Å². The van der Waals surface area contributed by atoms with Gasteiger partial charge in [0.25, 0.3) is 0 Å². The van der Waals surface area contributed by atoms with Gasteiger partial charge in [-0.05, 0) is 67.8 Å². The Morgan fingerprint density at radius 3 is 2.41 bits per heavy atom. The van der Waals surface area contributed by atoms with E-state index in [1.807, 2.05) is 0 Å². The molecule has 2 aliphatic rings. The predicted molar refractivity (Wildman–Crippen MR) is 135 cm³/mol. The van der Waals surface area contributed by atoms with E-state index in [1.54, 1.807) is 29.7 Å². The molecule has 2 aliphatic heterocycles. The SMILES string of the molecule is CCC1=NC(c2sc(C3NC(NC)=NC=C3F)c(C)c2C)=C(C)C(c2scc(C)c2C)N1. The van der Waals surface area contributed by atoms with Crippen molar-refractivity contribution in [3.05, 3.63) is 59.9 Å². The molecule has 0 bridgehead atoms. The van der Waals surface area contributed by atoms with E-state index in [-0.39, 0.29) is 11.9 Å². The van der Waals surface area contributed by atoms with Crippen molar-refractivity contribution in [1.82, 2.24) is 16.0 Å². The zero-order chi connectivity index (χ0) is 23.2. The lowest BCUT2D eigenvalue weighted by Gasteiger charge is -2.28. The molecule has 2 atom stereocenters. The molecule has 0 saturated heterocycles. The Labute approximate surface area is 197 Å². The minimum Gasteiger partial charge on any atom is -0.362 e. The molecule has 0 amide bonds. The Bertz CT molecular complexity index is 1180. The minimum atomic E-state index is -0.539. The Kier molecular flexibility index (Phi) is 6.27. The normalized spacial score (nSPS) is 20.9. The van der Waals surface area contributed by atoms with E-state index in [9.17, 15) is 4.39 Å². The standard InChI is InChI=1S/C24H30FN5S2/c1-8-17-28-18(21-12(3)11(2)10-31-21)15(6)19(29-17)22-13(4)14(5)23(32-22)20-16(25)9-27-24(26-7)30-20/h9-10,18,20H,8H2,1-7H3,(H,28,29)(H2,26,27,30). The first kappa shape index (κ1) is 22.7. The molecule has 2 unspecified atom stereocenters. The molecular weight excluding hydrogens is 441 g/mol. The average Bonchev–Trinajstić information content (AvgIpc) is 3.27. The summed E-state index contributed by atoms with van der Waals surface area (Å²) in [5, 5.41) is 12.0. The maximum absolute atomic E-state index is 14.8. The molecule has 2 aromatic heterocycles. The van der Waals surface area contributed by atoms with Gasteiger partial charge in [0.1, 0.15) is 17.7 Å². The van der Waals surface area contributed by atoms with Gasteiger partial charge in [-0.2, -0.15) is 0 Å². The van der Waals surface area contributed by atoms with Crippen LogP contribution in [0.1, 0.15) is 69.2 Å². The molecule has 0 aliphatic carbocycles. The summed E-state index contributed by atoms with van der Waals surface area (Å²) < 4.78 is 14.8. The summed E-state index contributed by atoms with van der Waals surface area (Å²) in [7, 11) is 1.77. The number of aliphatic imine (C=N–C) groups is 2. The smallest absolute Gasteiger partial charge is 0.196 e. The van der Waals surface area contributed by atoms with Crippen molar-refractivity contribution in [2.24, 2.45) is 9.98 Å². The molecule has 4 rings (SSSR count). The highest BCUT2D eigenvalue weighted by Crippen LogP contribution is 2.44. The van der Waals surface area contributed by atoms with Crippen LogP contribution in [0.4, 0.5) is 4.39 Å². The number of aryl methyl sites for hydroxylation is 1. The highest BCUT2D eigenvalue weighted by molar-refractivity contribution is 7.13. The van der Waals surface area contributed by atoms with Crippen molar-refractivity contribution in [3.8, 4) is 0 Å². The molecule has 8 heteroatoms. The number of rotatable bonds is 4. The zero-order valence-electron chi connectivity index (χ0n) is 19.6. The predicted octanol–water partition coefficient (Wildman–Crippen LogP) is 5.96.